The zero-order valence-electron chi connectivity index (χ0n) is 23.5. The van der Waals surface area contributed by atoms with E-state index in [1.165, 1.54) is 41.6 Å². The number of nitrogens with one attached hydrogen (secondary N) is 1. The molecule has 8 nitrogen and oxygen atoms in total. The number of hydrogen-bond acceptors (Lipinski definition) is 7. The Bertz CT molecular complexity index is 1370. The third-order valence-electron chi connectivity index (χ3n) is 7.25. The van der Waals surface area contributed by atoms with E-state index in [-0.39, 0.29) is 16.8 Å². The van der Waals surface area contributed by atoms with E-state index in [0.29, 0.717) is 41.4 Å². The van der Waals surface area contributed by atoms with Crippen molar-refractivity contribution < 1.29 is 19.0 Å². The molecule has 1 saturated carbocycles. The van der Waals surface area contributed by atoms with E-state index >= 15 is 0 Å². The first kappa shape index (κ1) is 28.0. The van der Waals surface area contributed by atoms with Crippen LogP contribution in [0.4, 0.5) is 0 Å². The van der Waals surface area contributed by atoms with Crippen LogP contribution in [0.25, 0.3) is 6.08 Å². The normalized spacial score (nSPS) is 18.9. The lowest BCUT2D eigenvalue weighted by atomic mass is 9.87. The molecule has 0 atom stereocenters. The van der Waals surface area contributed by atoms with Gasteiger partial charge in [0.1, 0.15) is 24.0 Å². The van der Waals surface area contributed by atoms with Crippen LogP contribution in [0, 0.1) is 11.3 Å². The van der Waals surface area contributed by atoms with E-state index in [0.717, 1.165) is 23.6 Å². The highest BCUT2D eigenvalue weighted by atomic mass is 32.2. The van der Waals surface area contributed by atoms with Crippen LogP contribution in [-0.2, 0) is 10.2 Å². The van der Waals surface area contributed by atoms with Gasteiger partial charge in [0.25, 0.3) is 5.91 Å². The van der Waals surface area contributed by atoms with Gasteiger partial charge >= 0.3 is 0 Å². The number of thioether (sulfide) groups is 1. The monoisotopic (exact) mass is 560 g/mol. The van der Waals surface area contributed by atoms with Crippen molar-refractivity contribution in [3.05, 3.63) is 59.2 Å². The van der Waals surface area contributed by atoms with Gasteiger partial charge in [0.15, 0.2) is 17.3 Å². The van der Waals surface area contributed by atoms with Crippen molar-refractivity contribution >= 4 is 39.8 Å². The van der Waals surface area contributed by atoms with Gasteiger partial charge in [0.05, 0.1) is 12.7 Å². The fourth-order valence-electron chi connectivity index (χ4n) is 4.94. The van der Waals surface area contributed by atoms with Crippen LogP contribution in [0.1, 0.15) is 64.0 Å². The molecule has 0 aromatic heterocycles. The Balaban J connectivity index is 1.22. The minimum absolute atomic E-state index is 0.0419. The van der Waals surface area contributed by atoms with Crippen molar-refractivity contribution in [2.75, 3.05) is 20.3 Å². The first-order valence-electron chi connectivity index (χ1n) is 13.8. The molecule has 9 heteroatoms. The summed E-state index contributed by atoms with van der Waals surface area (Å²) in [5, 5.41) is 16.3. The highest BCUT2D eigenvalue weighted by molar-refractivity contribution is 8.27. The fourth-order valence-corrected chi connectivity index (χ4v) is 6.00. The molecule has 2 aromatic carbocycles. The number of benzene rings is 2. The lowest BCUT2D eigenvalue weighted by molar-refractivity contribution is -0.114. The summed E-state index contributed by atoms with van der Waals surface area (Å²) in [7, 11) is 1.57. The Hall–Kier alpha value is -3.59. The van der Waals surface area contributed by atoms with Crippen LogP contribution in [0.5, 0.6) is 17.2 Å². The number of hydrogen-bond donors (Lipinski definition) is 1. The van der Waals surface area contributed by atoms with E-state index in [9.17, 15) is 4.79 Å². The first-order valence-corrected chi connectivity index (χ1v) is 14.6. The SMILES string of the molecule is COc1cc(/C=C2/C(=N)N3N=C(C4CCCCC4)SC3=NC2=O)ccc1OCCOc1ccc(C(C)(C)C)cc1. The predicted molar refractivity (Wildman–Crippen MR) is 161 cm³/mol. The number of nitrogens with zero attached hydrogens (tertiary/aromatic N) is 3. The molecule has 1 N–H and O–H groups in total. The fraction of sp³-hybridized carbons (Fsp3) is 0.419. The molecule has 5 rings (SSSR count). The van der Waals surface area contributed by atoms with E-state index in [2.05, 4.69) is 43.0 Å². The quantitative estimate of drug-likeness (QED) is 0.287. The Labute approximate surface area is 240 Å². The molecule has 2 heterocycles. The average Bonchev–Trinajstić information content (AvgIpc) is 3.38. The molecule has 0 bridgehead atoms. The van der Waals surface area contributed by atoms with E-state index in [1.807, 2.05) is 18.2 Å². The third kappa shape index (κ3) is 6.25. The molecule has 40 heavy (non-hydrogen) atoms. The predicted octanol–water partition coefficient (Wildman–Crippen LogP) is 6.65. The Morgan fingerprint density at radius 3 is 2.45 bits per heavy atom. The lowest BCUT2D eigenvalue weighted by Crippen LogP contribution is -2.35. The lowest BCUT2D eigenvalue weighted by Gasteiger charge is -2.20. The van der Waals surface area contributed by atoms with Crippen LogP contribution in [-0.4, -0.2) is 47.3 Å². The third-order valence-corrected chi connectivity index (χ3v) is 8.32. The van der Waals surface area contributed by atoms with Crippen molar-refractivity contribution in [3.8, 4) is 17.2 Å². The molecule has 210 valence electrons. The van der Waals surface area contributed by atoms with Crippen LogP contribution >= 0.6 is 11.8 Å². The van der Waals surface area contributed by atoms with Gasteiger partial charge in [-0.3, -0.25) is 10.2 Å². The number of rotatable bonds is 8. The van der Waals surface area contributed by atoms with Crippen LogP contribution in [0.2, 0.25) is 0 Å². The number of methoxy groups -OCH3 is 1. The Morgan fingerprint density at radius 1 is 1.02 bits per heavy atom. The first-order chi connectivity index (χ1) is 19.2. The van der Waals surface area contributed by atoms with E-state index < -0.39 is 5.91 Å². The number of ether oxygens (including phenoxy) is 3. The van der Waals surface area contributed by atoms with Crippen molar-refractivity contribution in [1.82, 2.24) is 5.01 Å². The van der Waals surface area contributed by atoms with E-state index in [4.69, 9.17) is 19.6 Å². The van der Waals surface area contributed by atoms with Gasteiger partial charge in [0.2, 0.25) is 5.17 Å². The summed E-state index contributed by atoms with van der Waals surface area (Å²) in [6.45, 7) is 7.27. The highest BCUT2D eigenvalue weighted by Gasteiger charge is 2.38. The maximum absolute atomic E-state index is 12.9. The largest absolute Gasteiger partial charge is 0.493 e. The second-order valence-corrected chi connectivity index (χ2v) is 12.2. The number of fused-ring (bicyclic) bond motifs is 1. The molecule has 0 unspecified atom stereocenters. The number of carbonyl (C=O) groups excluding carboxylic acids is 1. The number of aliphatic imine (C=N–C) groups is 1. The molecule has 3 aliphatic rings. The zero-order valence-corrected chi connectivity index (χ0v) is 24.3. The smallest absolute Gasteiger partial charge is 0.283 e. The summed E-state index contributed by atoms with van der Waals surface area (Å²) in [6, 6.07) is 13.5. The Morgan fingerprint density at radius 2 is 1.75 bits per heavy atom. The molecule has 2 aliphatic heterocycles. The van der Waals surface area contributed by atoms with Gasteiger partial charge in [-0.05, 0) is 71.5 Å². The molecule has 1 aliphatic carbocycles. The van der Waals surface area contributed by atoms with Gasteiger partial charge in [-0.25, -0.2) is 0 Å². The van der Waals surface area contributed by atoms with Gasteiger partial charge in [-0.1, -0.05) is 58.2 Å². The molecule has 2 aromatic rings. The maximum Gasteiger partial charge on any atom is 0.283 e. The average molecular weight is 561 g/mol. The summed E-state index contributed by atoms with van der Waals surface area (Å²) in [6.07, 6.45) is 7.49. The van der Waals surface area contributed by atoms with Gasteiger partial charge in [-0.15, -0.1) is 0 Å². The summed E-state index contributed by atoms with van der Waals surface area (Å²) in [5.41, 5.74) is 2.25. The molecule has 0 radical (unpaired) electrons. The van der Waals surface area contributed by atoms with Crippen molar-refractivity contribution in [2.45, 2.75) is 58.3 Å². The summed E-state index contributed by atoms with van der Waals surface area (Å²) in [4.78, 5) is 17.1. The number of amidine groups is 2. The summed E-state index contributed by atoms with van der Waals surface area (Å²) >= 11 is 1.42. The van der Waals surface area contributed by atoms with Gasteiger partial charge in [-0.2, -0.15) is 15.1 Å². The summed E-state index contributed by atoms with van der Waals surface area (Å²) < 4.78 is 17.3. The minimum atomic E-state index is -0.434. The topological polar surface area (TPSA) is 96.6 Å². The number of carbonyl (C=O) groups is 1. The van der Waals surface area contributed by atoms with Gasteiger partial charge < -0.3 is 14.2 Å². The maximum atomic E-state index is 12.9. The second-order valence-electron chi connectivity index (χ2n) is 11.2. The van der Waals surface area contributed by atoms with Crippen molar-refractivity contribution in [1.29, 1.82) is 5.41 Å². The van der Waals surface area contributed by atoms with Crippen molar-refractivity contribution in [2.24, 2.45) is 16.0 Å². The minimum Gasteiger partial charge on any atom is -0.493 e. The number of hydrazone groups is 1. The summed E-state index contributed by atoms with van der Waals surface area (Å²) in [5.74, 6) is 1.88. The Kier molecular flexibility index (Phi) is 8.30. The van der Waals surface area contributed by atoms with Gasteiger partial charge in [0, 0.05) is 5.92 Å². The molecular weight excluding hydrogens is 524 g/mol. The molecular formula is C31H36N4O4S. The van der Waals surface area contributed by atoms with E-state index in [1.54, 1.807) is 25.3 Å². The molecule has 1 amide bonds. The standard InChI is InChI=1S/C31H36N4O4S/c1-31(2,3)22-11-13-23(14-12-22)38-16-17-39-25-15-10-20(19-26(25)37-4)18-24-27(32)35-30(33-28(24)36)40-29(34-35)21-8-6-5-7-9-21/h10-15,18-19,21,32H,5-9,16-17H2,1-4H3/b24-18-,32-27?. The molecule has 0 saturated heterocycles. The van der Waals surface area contributed by atoms with Crippen LogP contribution in [0.3, 0.4) is 0 Å². The second kappa shape index (κ2) is 11.9. The number of amides is 1. The zero-order chi connectivity index (χ0) is 28.3. The highest BCUT2D eigenvalue weighted by Crippen LogP contribution is 2.37. The molecule has 0 spiro atoms. The van der Waals surface area contributed by atoms with Crippen LogP contribution in [0.15, 0.2) is 58.1 Å². The molecule has 1 fully saturated rings. The van der Waals surface area contributed by atoms with Crippen LogP contribution < -0.4 is 14.2 Å². The van der Waals surface area contributed by atoms with Crippen molar-refractivity contribution in [3.63, 3.8) is 0 Å².